The van der Waals surface area contributed by atoms with Gasteiger partial charge in [-0.3, -0.25) is 14.9 Å². The molecule has 0 aliphatic rings. The molecule has 0 saturated heterocycles. The van der Waals surface area contributed by atoms with E-state index in [1.54, 1.807) is 37.3 Å². The van der Waals surface area contributed by atoms with Gasteiger partial charge in [-0.05, 0) is 36.3 Å². The predicted molar refractivity (Wildman–Crippen MR) is 91.5 cm³/mol. The Bertz CT molecular complexity index is 885. The Labute approximate surface area is 143 Å². The summed E-state index contributed by atoms with van der Waals surface area (Å²) in [5.41, 5.74) is 1.38. The predicted octanol–water partition coefficient (Wildman–Crippen LogP) is 4.10. The highest BCUT2D eigenvalue weighted by Crippen LogP contribution is 2.21. The number of non-ortho nitro benzene ring substituents is 1. The number of nitro groups is 1. The van der Waals surface area contributed by atoms with Gasteiger partial charge >= 0.3 is 0 Å². The molecule has 2 aromatic carbocycles. The van der Waals surface area contributed by atoms with Crippen molar-refractivity contribution >= 4 is 35.0 Å². The average molecular weight is 342 g/mol. The first-order valence-corrected chi connectivity index (χ1v) is 7.22. The van der Waals surface area contributed by atoms with Crippen LogP contribution >= 0.6 is 11.6 Å². The molecule has 120 valence electrons. The zero-order valence-electron chi connectivity index (χ0n) is 12.6. The number of amides is 1. The summed E-state index contributed by atoms with van der Waals surface area (Å²) in [6.07, 6.45) is 1.29. The van der Waals surface area contributed by atoms with Gasteiger partial charge in [0.25, 0.3) is 11.6 Å². The number of aryl methyl sites for hydroxylation is 1. The zero-order valence-corrected chi connectivity index (χ0v) is 13.4. The van der Waals surface area contributed by atoms with Crippen molar-refractivity contribution in [3.05, 3.63) is 74.3 Å². The van der Waals surface area contributed by atoms with Crippen LogP contribution in [0.2, 0.25) is 5.02 Å². The summed E-state index contributed by atoms with van der Waals surface area (Å²) in [5.74, 6) is -0.616. The average Bonchev–Trinajstić information content (AvgIpc) is 2.56. The van der Waals surface area contributed by atoms with Gasteiger partial charge in [0, 0.05) is 22.8 Å². The van der Waals surface area contributed by atoms with Gasteiger partial charge in [0.1, 0.15) is 11.6 Å². The van der Waals surface area contributed by atoms with Gasteiger partial charge in [-0.15, -0.1) is 0 Å². The van der Waals surface area contributed by atoms with Gasteiger partial charge in [0.2, 0.25) is 0 Å². The third-order valence-electron chi connectivity index (χ3n) is 3.20. The van der Waals surface area contributed by atoms with Crippen LogP contribution in [0.25, 0.3) is 6.08 Å². The Morgan fingerprint density at radius 2 is 2.08 bits per heavy atom. The van der Waals surface area contributed by atoms with Crippen molar-refractivity contribution in [1.82, 2.24) is 0 Å². The second-order valence-corrected chi connectivity index (χ2v) is 5.37. The number of nitrogens with zero attached hydrogens (tertiary/aromatic N) is 2. The SMILES string of the molecule is Cc1ccc(Cl)cc1NC(=O)/C(C#N)=C/c1cccc([N+](=O)[O-])c1. The molecule has 0 fully saturated rings. The minimum absolute atomic E-state index is 0.118. The summed E-state index contributed by atoms with van der Waals surface area (Å²) in [6, 6.07) is 12.5. The summed E-state index contributed by atoms with van der Waals surface area (Å²) >= 11 is 5.90. The van der Waals surface area contributed by atoms with Crippen LogP contribution in [0.4, 0.5) is 11.4 Å². The van der Waals surface area contributed by atoms with E-state index in [2.05, 4.69) is 5.32 Å². The first-order chi connectivity index (χ1) is 11.4. The summed E-state index contributed by atoms with van der Waals surface area (Å²) in [4.78, 5) is 22.5. The van der Waals surface area contributed by atoms with Crippen LogP contribution in [0.5, 0.6) is 0 Å². The zero-order chi connectivity index (χ0) is 17.7. The Morgan fingerprint density at radius 1 is 1.33 bits per heavy atom. The van der Waals surface area contributed by atoms with Crippen molar-refractivity contribution in [2.24, 2.45) is 0 Å². The summed E-state index contributed by atoms with van der Waals surface area (Å²) in [6.45, 7) is 1.79. The number of nitriles is 1. The van der Waals surface area contributed by atoms with E-state index in [1.165, 1.54) is 24.3 Å². The molecule has 0 aromatic heterocycles. The fourth-order valence-corrected chi connectivity index (χ4v) is 2.13. The summed E-state index contributed by atoms with van der Waals surface area (Å²) in [7, 11) is 0. The first kappa shape index (κ1) is 17.2. The second kappa shape index (κ2) is 7.40. The molecule has 0 saturated carbocycles. The molecule has 1 amide bonds. The molecule has 2 rings (SSSR count). The fraction of sp³-hybridized carbons (Fsp3) is 0.0588. The minimum Gasteiger partial charge on any atom is -0.321 e. The molecule has 6 nitrogen and oxygen atoms in total. The number of anilines is 1. The Kier molecular flexibility index (Phi) is 5.30. The number of nitro benzene ring substituents is 1. The highest BCUT2D eigenvalue weighted by atomic mass is 35.5. The third-order valence-corrected chi connectivity index (χ3v) is 3.44. The fourth-order valence-electron chi connectivity index (χ4n) is 1.96. The van der Waals surface area contributed by atoms with Crippen molar-refractivity contribution in [3.8, 4) is 6.07 Å². The number of hydrogen-bond donors (Lipinski definition) is 1. The minimum atomic E-state index is -0.616. The maximum atomic E-state index is 12.3. The van der Waals surface area contributed by atoms with E-state index in [4.69, 9.17) is 11.6 Å². The molecule has 0 aliphatic carbocycles. The lowest BCUT2D eigenvalue weighted by molar-refractivity contribution is -0.384. The summed E-state index contributed by atoms with van der Waals surface area (Å²) < 4.78 is 0. The third kappa shape index (κ3) is 4.18. The van der Waals surface area contributed by atoms with E-state index < -0.39 is 10.8 Å². The molecular weight excluding hydrogens is 330 g/mol. The van der Waals surface area contributed by atoms with Crippen molar-refractivity contribution in [1.29, 1.82) is 5.26 Å². The molecule has 0 atom stereocenters. The van der Waals surface area contributed by atoms with Gasteiger partial charge in [0.15, 0.2) is 0 Å². The lowest BCUT2D eigenvalue weighted by Gasteiger charge is -2.08. The van der Waals surface area contributed by atoms with Gasteiger partial charge in [0.05, 0.1) is 4.92 Å². The Hall–Kier alpha value is -3.17. The van der Waals surface area contributed by atoms with Gasteiger partial charge in [-0.2, -0.15) is 5.26 Å². The van der Waals surface area contributed by atoms with E-state index in [9.17, 15) is 20.2 Å². The Morgan fingerprint density at radius 3 is 2.75 bits per heavy atom. The molecule has 0 bridgehead atoms. The number of carbonyl (C=O) groups is 1. The largest absolute Gasteiger partial charge is 0.321 e. The van der Waals surface area contributed by atoms with Crippen molar-refractivity contribution in [3.63, 3.8) is 0 Å². The van der Waals surface area contributed by atoms with E-state index >= 15 is 0 Å². The number of benzene rings is 2. The number of rotatable bonds is 4. The van der Waals surface area contributed by atoms with Crippen LogP contribution in [0.3, 0.4) is 0 Å². The molecule has 7 heteroatoms. The second-order valence-electron chi connectivity index (χ2n) is 4.94. The Balaban J connectivity index is 2.29. The molecule has 1 N–H and O–H groups in total. The van der Waals surface area contributed by atoms with E-state index in [1.807, 2.05) is 0 Å². The van der Waals surface area contributed by atoms with Crippen LogP contribution in [0, 0.1) is 28.4 Å². The number of halogens is 1. The van der Waals surface area contributed by atoms with Crippen LogP contribution in [-0.2, 0) is 4.79 Å². The lowest BCUT2D eigenvalue weighted by Crippen LogP contribution is -2.14. The van der Waals surface area contributed by atoms with Crippen LogP contribution in [0.1, 0.15) is 11.1 Å². The topological polar surface area (TPSA) is 96.0 Å². The van der Waals surface area contributed by atoms with Crippen LogP contribution in [0.15, 0.2) is 48.0 Å². The number of hydrogen-bond acceptors (Lipinski definition) is 4. The van der Waals surface area contributed by atoms with E-state index in [0.29, 0.717) is 16.3 Å². The van der Waals surface area contributed by atoms with Crippen LogP contribution < -0.4 is 5.32 Å². The molecule has 2 aromatic rings. The van der Waals surface area contributed by atoms with E-state index in [0.717, 1.165) is 5.56 Å². The number of nitrogens with one attached hydrogen (secondary N) is 1. The summed E-state index contributed by atoms with van der Waals surface area (Å²) in [5, 5.41) is 23.0. The van der Waals surface area contributed by atoms with Gasteiger partial charge in [-0.1, -0.05) is 29.8 Å². The van der Waals surface area contributed by atoms with Crippen molar-refractivity contribution in [2.75, 3.05) is 5.32 Å². The molecule has 0 heterocycles. The quantitative estimate of drug-likeness (QED) is 0.392. The lowest BCUT2D eigenvalue weighted by atomic mass is 10.1. The first-order valence-electron chi connectivity index (χ1n) is 6.84. The van der Waals surface area contributed by atoms with E-state index in [-0.39, 0.29) is 11.3 Å². The molecule has 0 unspecified atom stereocenters. The molecular formula is C17H12ClN3O3. The monoisotopic (exact) mass is 341 g/mol. The highest BCUT2D eigenvalue weighted by molar-refractivity contribution is 6.31. The van der Waals surface area contributed by atoms with Crippen LogP contribution in [-0.4, -0.2) is 10.8 Å². The maximum absolute atomic E-state index is 12.3. The van der Waals surface area contributed by atoms with Crippen molar-refractivity contribution < 1.29 is 9.72 Å². The molecule has 0 radical (unpaired) electrons. The normalized spacial score (nSPS) is 10.8. The highest BCUT2D eigenvalue weighted by Gasteiger charge is 2.12. The molecule has 0 aliphatic heterocycles. The molecule has 24 heavy (non-hydrogen) atoms. The molecule has 0 spiro atoms. The van der Waals surface area contributed by atoms with Gasteiger partial charge in [-0.25, -0.2) is 0 Å². The van der Waals surface area contributed by atoms with Gasteiger partial charge < -0.3 is 5.32 Å². The van der Waals surface area contributed by atoms with Crippen molar-refractivity contribution in [2.45, 2.75) is 6.92 Å². The maximum Gasteiger partial charge on any atom is 0.270 e. The standard InChI is InChI=1S/C17H12ClN3O3/c1-11-5-6-14(18)9-16(11)20-17(22)13(10-19)7-12-3-2-4-15(8-12)21(23)24/h2-9H,1H3,(H,20,22)/b13-7+. The number of carbonyl (C=O) groups excluding carboxylic acids is 1. The smallest absolute Gasteiger partial charge is 0.270 e.